The monoisotopic (exact) mass is 125 g/mol. The molecule has 0 fully saturated rings. The van der Waals surface area contributed by atoms with E-state index in [-0.39, 0.29) is 0 Å². The second-order valence-corrected chi connectivity index (χ2v) is 2.55. The van der Waals surface area contributed by atoms with Crippen molar-refractivity contribution in [1.29, 1.82) is 0 Å². The normalized spacial score (nSPS) is 26.4. The molecular formula is C8H15N. The summed E-state index contributed by atoms with van der Waals surface area (Å²) in [6.45, 7) is 2.22. The van der Waals surface area contributed by atoms with Gasteiger partial charge in [0, 0.05) is 6.04 Å². The van der Waals surface area contributed by atoms with Crippen LogP contribution in [0, 0.1) is 0 Å². The van der Waals surface area contributed by atoms with Crippen LogP contribution in [0.2, 0.25) is 0 Å². The molecule has 0 bridgehead atoms. The molecule has 0 aliphatic heterocycles. The van der Waals surface area contributed by atoms with Gasteiger partial charge >= 0.3 is 0 Å². The number of rotatable bonds is 2. The van der Waals surface area contributed by atoms with Crippen molar-refractivity contribution in [3.05, 3.63) is 11.6 Å². The third kappa shape index (κ3) is 1.33. The van der Waals surface area contributed by atoms with Gasteiger partial charge in [-0.25, -0.2) is 0 Å². The van der Waals surface area contributed by atoms with Crippen LogP contribution in [0.1, 0.15) is 26.2 Å². The molecule has 0 aromatic carbocycles. The first kappa shape index (κ1) is 6.81. The predicted molar refractivity (Wildman–Crippen MR) is 40.5 cm³/mol. The van der Waals surface area contributed by atoms with E-state index >= 15 is 0 Å². The average Bonchev–Trinajstić information content (AvgIpc) is 2.33. The van der Waals surface area contributed by atoms with Gasteiger partial charge in [0.15, 0.2) is 0 Å². The fraction of sp³-hybridized carbons (Fsp3) is 0.750. The van der Waals surface area contributed by atoms with E-state index in [2.05, 4.69) is 18.3 Å². The fourth-order valence-corrected chi connectivity index (χ4v) is 1.48. The van der Waals surface area contributed by atoms with Crippen molar-refractivity contribution < 1.29 is 0 Å². The lowest BCUT2D eigenvalue weighted by Gasteiger charge is -2.10. The number of hydrogen-bond acceptors (Lipinski definition) is 1. The van der Waals surface area contributed by atoms with E-state index in [9.17, 15) is 0 Å². The summed E-state index contributed by atoms with van der Waals surface area (Å²) in [5.74, 6) is 0. The smallest absolute Gasteiger partial charge is 0.0279 e. The van der Waals surface area contributed by atoms with Crippen LogP contribution in [0.4, 0.5) is 0 Å². The summed E-state index contributed by atoms with van der Waals surface area (Å²) in [5, 5.41) is 3.30. The molecule has 0 heterocycles. The van der Waals surface area contributed by atoms with Crippen molar-refractivity contribution >= 4 is 0 Å². The molecule has 0 aromatic heterocycles. The first-order chi connectivity index (χ1) is 4.38. The molecule has 0 spiro atoms. The molecule has 52 valence electrons. The zero-order valence-electron chi connectivity index (χ0n) is 6.28. The summed E-state index contributed by atoms with van der Waals surface area (Å²) >= 11 is 0. The van der Waals surface area contributed by atoms with E-state index in [0.717, 1.165) is 0 Å². The summed E-state index contributed by atoms with van der Waals surface area (Å²) in [4.78, 5) is 0. The molecule has 9 heavy (non-hydrogen) atoms. The SMILES string of the molecule is CCC1=CCCC1NC. The molecule has 1 unspecified atom stereocenters. The van der Waals surface area contributed by atoms with Crippen LogP contribution in [-0.4, -0.2) is 13.1 Å². The minimum absolute atomic E-state index is 0.690. The van der Waals surface area contributed by atoms with E-state index in [0.29, 0.717) is 6.04 Å². The van der Waals surface area contributed by atoms with Crippen LogP contribution in [0.25, 0.3) is 0 Å². The van der Waals surface area contributed by atoms with Crippen LogP contribution >= 0.6 is 0 Å². The van der Waals surface area contributed by atoms with Crippen LogP contribution in [-0.2, 0) is 0 Å². The number of likely N-dealkylation sites (N-methyl/N-ethyl adjacent to an activating group) is 1. The summed E-state index contributed by atoms with van der Waals surface area (Å²) in [7, 11) is 2.04. The third-order valence-electron chi connectivity index (χ3n) is 2.07. The molecule has 0 radical (unpaired) electrons. The molecule has 1 aliphatic rings. The zero-order chi connectivity index (χ0) is 6.69. The van der Waals surface area contributed by atoms with Crippen molar-refractivity contribution in [3.63, 3.8) is 0 Å². The lowest BCUT2D eigenvalue weighted by Crippen LogP contribution is -2.23. The van der Waals surface area contributed by atoms with Crippen molar-refractivity contribution in [2.45, 2.75) is 32.2 Å². The maximum absolute atomic E-state index is 3.30. The van der Waals surface area contributed by atoms with Gasteiger partial charge in [0.2, 0.25) is 0 Å². The van der Waals surface area contributed by atoms with E-state index in [1.807, 2.05) is 7.05 Å². The number of nitrogens with one attached hydrogen (secondary N) is 1. The highest BCUT2D eigenvalue weighted by Gasteiger charge is 2.14. The summed E-state index contributed by atoms with van der Waals surface area (Å²) < 4.78 is 0. The Balaban J connectivity index is 2.47. The van der Waals surface area contributed by atoms with Gasteiger partial charge in [-0.1, -0.05) is 18.6 Å². The van der Waals surface area contributed by atoms with Gasteiger partial charge in [-0.3, -0.25) is 0 Å². The predicted octanol–water partition coefficient (Wildman–Crippen LogP) is 1.70. The standard InChI is InChI=1S/C8H15N/c1-3-7-5-4-6-8(7)9-2/h5,8-9H,3-4,6H2,1-2H3. The topological polar surface area (TPSA) is 12.0 Å². The molecule has 1 rings (SSSR count). The Morgan fingerprint density at radius 1 is 1.78 bits per heavy atom. The number of allylic oxidation sites excluding steroid dienone is 1. The first-order valence-electron chi connectivity index (χ1n) is 3.74. The minimum Gasteiger partial charge on any atom is -0.313 e. The lowest BCUT2D eigenvalue weighted by molar-refractivity contribution is 0.615. The van der Waals surface area contributed by atoms with Crippen LogP contribution in [0.3, 0.4) is 0 Å². The molecule has 0 amide bonds. The van der Waals surface area contributed by atoms with Gasteiger partial charge in [-0.05, 0) is 26.3 Å². The largest absolute Gasteiger partial charge is 0.313 e. The van der Waals surface area contributed by atoms with Gasteiger partial charge in [-0.2, -0.15) is 0 Å². The molecule has 1 aliphatic carbocycles. The molecule has 1 atom stereocenters. The van der Waals surface area contributed by atoms with Crippen molar-refractivity contribution in [2.75, 3.05) is 7.05 Å². The molecular weight excluding hydrogens is 110 g/mol. The first-order valence-corrected chi connectivity index (χ1v) is 3.74. The van der Waals surface area contributed by atoms with Gasteiger partial charge < -0.3 is 5.32 Å². The van der Waals surface area contributed by atoms with Gasteiger partial charge in [-0.15, -0.1) is 0 Å². The molecule has 1 N–H and O–H groups in total. The second-order valence-electron chi connectivity index (χ2n) is 2.55. The van der Waals surface area contributed by atoms with E-state index in [1.165, 1.54) is 19.3 Å². The van der Waals surface area contributed by atoms with Crippen LogP contribution in [0.15, 0.2) is 11.6 Å². The number of hydrogen-bond donors (Lipinski definition) is 1. The van der Waals surface area contributed by atoms with Gasteiger partial charge in [0.1, 0.15) is 0 Å². The summed E-state index contributed by atoms with van der Waals surface area (Å²) in [6.07, 6.45) is 6.15. The van der Waals surface area contributed by atoms with E-state index in [4.69, 9.17) is 0 Å². The van der Waals surface area contributed by atoms with Gasteiger partial charge in [0.05, 0.1) is 0 Å². The average molecular weight is 125 g/mol. The summed E-state index contributed by atoms with van der Waals surface area (Å²) in [6, 6.07) is 0.690. The van der Waals surface area contributed by atoms with E-state index in [1.54, 1.807) is 5.57 Å². The Morgan fingerprint density at radius 2 is 2.56 bits per heavy atom. The third-order valence-corrected chi connectivity index (χ3v) is 2.07. The maximum Gasteiger partial charge on any atom is 0.0279 e. The van der Waals surface area contributed by atoms with Gasteiger partial charge in [0.25, 0.3) is 0 Å². The molecule has 0 saturated carbocycles. The van der Waals surface area contributed by atoms with Crippen molar-refractivity contribution in [1.82, 2.24) is 5.32 Å². The molecule has 0 saturated heterocycles. The Labute approximate surface area is 57.1 Å². The lowest BCUT2D eigenvalue weighted by atomic mass is 10.1. The molecule has 1 heteroatoms. The Bertz CT molecular complexity index is 116. The molecule has 0 aromatic rings. The highest BCUT2D eigenvalue weighted by molar-refractivity contribution is 5.15. The Hall–Kier alpha value is -0.300. The summed E-state index contributed by atoms with van der Waals surface area (Å²) in [5.41, 5.74) is 1.59. The quantitative estimate of drug-likeness (QED) is 0.554. The Morgan fingerprint density at radius 3 is 3.00 bits per heavy atom. The molecule has 1 nitrogen and oxygen atoms in total. The van der Waals surface area contributed by atoms with Crippen molar-refractivity contribution in [2.24, 2.45) is 0 Å². The highest BCUT2D eigenvalue weighted by Crippen LogP contribution is 2.20. The van der Waals surface area contributed by atoms with Crippen LogP contribution in [0.5, 0.6) is 0 Å². The Kier molecular flexibility index (Phi) is 2.29. The second kappa shape index (κ2) is 3.02. The van der Waals surface area contributed by atoms with Crippen molar-refractivity contribution in [3.8, 4) is 0 Å². The van der Waals surface area contributed by atoms with Crippen LogP contribution < -0.4 is 5.32 Å². The zero-order valence-corrected chi connectivity index (χ0v) is 6.28. The highest BCUT2D eigenvalue weighted by atomic mass is 14.9. The fourth-order valence-electron chi connectivity index (χ4n) is 1.48. The maximum atomic E-state index is 3.30. The van der Waals surface area contributed by atoms with E-state index < -0.39 is 0 Å². The minimum atomic E-state index is 0.690.